The molecular formula is C23H26ClF3N4O2. The molecule has 2 aromatic carbocycles. The smallest absolute Gasteiger partial charge is 0.366 e. The van der Waals surface area contributed by atoms with Crippen LogP contribution < -0.4 is 10.3 Å². The first kappa shape index (κ1) is 24.8. The quantitative estimate of drug-likeness (QED) is 0.268. The van der Waals surface area contributed by atoms with E-state index in [1.807, 2.05) is 12.1 Å². The number of anilines is 2. The van der Waals surface area contributed by atoms with Gasteiger partial charge in [0.05, 0.1) is 21.7 Å². The van der Waals surface area contributed by atoms with Gasteiger partial charge in [-0.05, 0) is 62.4 Å². The summed E-state index contributed by atoms with van der Waals surface area (Å²) in [5.41, 5.74) is 3.32. The Morgan fingerprint density at radius 2 is 2.03 bits per heavy atom. The molecular weight excluding hydrogens is 457 g/mol. The van der Waals surface area contributed by atoms with Crippen molar-refractivity contribution in [2.24, 2.45) is 5.10 Å². The Balaban J connectivity index is 1.90. The molecule has 10 heteroatoms. The molecule has 0 aromatic heterocycles. The normalized spacial score (nSPS) is 17.8. The van der Waals surface area contributed by atoms with Crippen LogP contribution in [0.3, 0.4) is 0 Å². The zero-order valence-electron chi connectivity index (χ0n) is 18.8. The van der Waals surface area contributed by atoms with Crippen molar-refractivity contribution < 1.29 is 18.1 Å². The fraction of sp³-hybridized carbons (Fsp3) is 0.435. The van der Waals surface area contributed by atoms with Gasteiger partial charge in [0, 0.05) is 29.4 Å². The van der Waals surface area contributed by atoms with Crippen LogP contribution in [0.5, 0.6) is 0 Å². The van der Waals surface area contributed by atoms with Gasteiger partial charge in [0.1, 0.15) is 5.69 Å². The Morgan fingerprint density at radius 3 is 2.64 bits per heavy atom. The van der Waals surface area contributed by atoms with E-state index in [1.165, 1.54) is 6.21 Å². The molecule has 6 nitrogen and oxygen atoms in total. The second-order valence-corrected chi connectivity index (χ2v) is 9.27. The minimum atomic E-state index is -4.68. The summed E-state index contributed by atoms with van der Waals surface area (Å²) in [7, 11) is 0. The summed E-state index contributed by atoms with van der Waals surface area (Å²) in [6.07, 6.45) is -1.30. The fourth-order valence-corrected chi connectivity index (χ4v) is 4.60. The average molecular weight is 483 g/mol. The molecule has 0 spiro atoms. The van der Waals surface area contributed by atoms with E-state index in [0.717, 1.165) is 42.8 Å². The third-order valence-electron chi connectivity index (χ3n) is 5.86. The molecule has 0 aliphatic carbocycles. The van der Waals surface area contributed by atoms with Crippen molar-refractivity contribution in [3.05, 3.63) is 62.2 Å². The van der Waals surface area contributed by atoms with Crippen LogP contribution in [-0.2, 0) is 6.18 Å². The summed E-state index contributed by atoms with van der Waals surface area (Å²) < 4.78 is 38.7. The molecule has 0 bridgehead atoms. The molecule has 1 heterocycles. The highest BCUT2D eigenvalue weighted by atomic mass is 35.5. The zero-order valence-corrected chi connectivity index (χ0v) is 19.6. The summed E-state index contributed by atoms with van der Waals surface area (Å²) in [5, 5.41) is 15.7. The van der Waals surface area contributed by atoms with Gasteiger partial charge < -0.3 is 4.90 Å². The molecule has 1 unspecified atom stereocenters. The number of rotatable bonds is 6. The van der Waals surface area contributed by atoms with Gasteiger partial charge in [-0.2, -0.15) is 18.3 Å². The number of nitrogens with one attached hydrogen (secondary N) is 1. The van der Waals surface area contributed by atoms with Gasteiger partial charge in [0.25, 0.3) is 5.69 Å². The highest BCUT2D eigenvalue weighted by molar-refractivity contribution is 6.33. The van der Waals surface area contributed by atoms with E-state index in [0.29, 0.717) is 16.7 Å². The van der Waals surface area contributed by atoms with Gasteiger partial charge in [-0.1, -0.05) is 25.4 Å². The second kappa shape index (κ2) is 9.21. The number of hydrogen-bond donors (Lipinski definition) is 1. The van der Waals surface area contributed by atoms with Crippen molar-refractivity contribution in [1.29, 1.82) is 0 Å². The summed E-state index contributed by atoms with van der Waals surface area (Å²) in [5.74, 6) is 0.288. The average Bonchev–Trinajstić information content (AvgIpc) is 2.70. The predicted molar refractivity (Wildman–Crippen MR) is 126 cm³/mol. The summed E-state index contributed by atoms with van der Waals surface area (Å²) in [6.45, 7) is 9.61. The Labute approximate surface area is 195 Å². The molecule has 3 rings (SSSR count). The van der Waals surface area contributed by atoms with Gasteiger partial charge in [-0.3, -0.25) is 15.5 Å². The number of hydrogen-bond acceptors (Lipinski definition) is 5. The van der Waals surface area contributed by atoms with E-state index in [4.69, 9.17) is 11.6 Å². The Kier molecular flexibility index (Phi) is 6.93. The number of hydrazone groups is 1. The number of nitro benzene ring substituents is 1. The third kappa shape index (κ3) is 5.24. The van der Waals surface area contributed by atoms with Crippen molar-refractivity contribution in [1.82, 2.24) is 0 Å². The zero-order chi connectivity index (χ0) is 24.6. The molecule has 1 N–H and O–H groups in total. The molecule has 0 saturated carbocycles. The van der Waals surface area contributed by atoms with Crippen LogP contribution in [0.4, 0.5) is 30.2 Å². The van der Waals surface area contributed by atoms with Crippen molar-refractivity contribution in [2.75, 3.05) is 16.9 Å². The maximum Gasteiger partial charge on any atom is 0.416 e. The standard InChI is InChI=1S/C23H26ClF3N4O2/c1-5-8-30-20-11-18(24)15(9-17(20)14(2)12-22(30,3)4)13-28-29-19-7-6-16(23(25,26)27)10-21(19)31(32)33/h6-7,9-11,13-14,29H,5,8,12H2,1-4H3/b28-13+. The number of nitro groups is 1. The van der Waals surface area contributed by atoms with Crippen LogP contribution in [0.2, 0.25) is 5.02 Å². The van der Waals surface area contributed by atoms with E-state index < -0.39 is 22.4 Å². The Bertz CT molecular complexity index is 1090. The number of halogens is 4. The molecule has 0 amide bonds. The van der Waals surface area contributed by atoms with Gasteiger partial charge in [-0.25, -0.2) is 0 Å². The first-order valence-electron chi connectivity index (χ1n) is 10.6. The lowest BCUT2D eigenvalue weighted by atomic mass is 9.79. The Hall–Kier alpha value is -2.81. The third-order valence-corrected chi connectivity index (χ3v) is 6.19. The van der Waals surface area contributed by atoms with Gasteiger partial charge in [0.2, 0.25) is 0 Å². The minimum absolute atomic E-state index is 0.00949. The SMILES string of the molecule is CCCN1c2cc(Cl)c(/C=N/Nc3ccc(C(F)(F)F)cc3[N+](=O)[O-])cc2C(C)CC1(C)C. The van der Waals surface area contributed by atoms with Crippen LogP contribution in [0, 0.1) is 10.1 Å². The molecule has 1 aliphatic heterocycles. The summed E-state index contributed by atoms with van der Waals surface area (Å²) in [6, 6.07) is 6.09. The van der Waals surface area contributed by atoms with E-state index in [2.05, 4.69) is 43.1 Å². The molecule has 0 saturated heterocycles. The topological polar surface area (TPSA) is 70.8 Å². The highest BCUT2D eigenvalue weighted by Crippen LogP contribution is 2.45. The van der Waals surface area contributed by atoms with Gasteiger partial charge in [-0.15, -0.1) is 0 Å². The van der Waals surface area contributed by atoms with E-state index in [-0.39, 0.29) is 17.1 Å². The predicted octanol–water partition coefficient (Wildman–Crippen LogP) is 7.22. The lowest BCUT2D eigenvalue weighted by molar-refractivity contribution is -0.384. The maximum absolute atomic E-state index is 12.9. The lowest BCUT2D eigenvalue weighted by Gasteiger charge is -2.47. The van der Waals surface area contributed by atoms with E-state index >= 15 is 0 Å². The molecule has 0 fully saturated rings. The fourth-order valence-electron chi connectivity index (χ4n) is 4.39. The number of nitrogens with zero attached hydrogens (tertiary/aromatic N) is 3. The monoisotopic (exact) mass is 482 g/mol. The van der Waals surface area contributed by atoms with Crippen LogP contribution in [0.15, 0.2) is 35.4 Å². The van der Waals surface area contributed by atoms with Gasteiger partial charge >= 0.3 is 6.18 Å². The van der Waals surface area contributed by atoms with Crippen molar-refractivity contribution >= 4 is 34.9 Å². The molecule has 1 atom stereocenters. The number of fused-ring (bicyclic) bond motifs is 1. The molecule has 178 valence electrons. The maximum atomic E-state index is 12.9. The van der Waals surface area contributed by atoms with Crippen molar-refractivity contribution in [2.45, 2.75) is 58.2 Å². The first-order chi connectivity index (χ1) is 15.3. The largest absolute Gasteiger partial charge is 0.416 e. The lowest BCUT2D eigenvalue weighted by Crippen LogP contribution is -2.48. The Morgan fingerprint density at radius 1 is 1.33 bits per heavy atom. The highest BCUT2D eigenvalue weighted by Gasteiger charge is 2.36. The van der Waals surface area contributed by atoms with Crippen LogP contribution >= 0.6 is 11.6 Å². The first-order valence-corrected chi connectivity index (χ1v) is 11.0. The molecule has 33 heavy (non-hydrogen) atoms. The minimum Gasteiger partial charge on any atom is -0.366 e. The van der Waals surface area contributed by atoms with E-state index in [9.17, 15) is 23.3 Å². The molecule has 1 aliphatic rings. The number of benzene rings is 2. The van der Waals surface area contributed by atoms with Crippen LogP contribution in [-0.4, -0.2) is 23.2 Å². The van der Waals surface area contributed by atoms with Crippen molar-refractivity contribution in [3.63, 3.8) is 0 Å². The summed E-state index contributed by atoms with van der Waals surface area (Å²) in [4.78, 5) is 12.7. The van der Waals surface area contributed by atoms with Crippen LogP contribution in [0.25, 0.3) is 0 Å². The van der Waals surface area contributed by atoms with Crippen molar-refractivity contribution in [3.8, 4) is 0 Å². The van der Waals surface area contributed by atoms with Crippen LogP contribution in [0.1, 0.15) is 63.1 Å². The van der Waals surface area contributed by atoms with Gasteiger partial charge in [0.15, 0.2) is 0 Å². The molecule has 2 aromatic rings. The van der Waals surface area contributed by atoms with E-state index in [1.54, 1.807) is 0 Å². The summed E-state index contributed by atoms with van der Waals surface area (Å²) >= 11 is 6.52. The molecule has 0 radical (unpaired) electrons. The second-order valence-electron chi connectivity index (χ2n) is 8.86. The number of alkyl halides is 3.